The second kappa shape index (κ2) is 5.19. The van der Waals surface area contributed by atoms with Gasteiger partial charge in [-0.3, -0.25) is 4.68 Å². The van der Waals surface area contributed by atoms with Gasteiger partial charge in [-0.1, -0.05) is 16.8 Å². The number of nitrogens with one attached hydrogen (secondary N) is 1. The van der Waals surface area contributed by atoms with Crippen LogP contribution in [-0.4, -0.2) is 41.1 Å². The predicted molar refractivity (Wildman–Crippen MR) is 68.9 cm³/mol. The molecule has 3 aromatic rings. The van der Waals surface area contributed by atoms with E-state index in [1.165, 1.54) is 6.33 Å². The molecule has 3 rings (SSSR count). The normalized spacial score (nSPS) is 11.0. The summed E-state index contributed by atoms with van der Waals surface area (Å²) in [4.78, 5) is 8.06. The van der Waals surface area contributed by atoms with Crippen LogP contribution in [0, 0.1) is 0 Å². The molecule has 0 aliphatic carbocycles. The van der Waals surface area contributed by atoms with Crippen molar-refractivity contribution >= 4 is 23.2 Å². The molecule has 0 atom stereocenters. The zero-order valence-corrected chi connectivity index (χ0v) is 10.7. The number of aryl methyl sites for hydroxylation is 1. The first-order chi connectivity index (χ1) is 9.33. The van der Waals surface area contributed by atoms with E-state index in [0.29, 0.717) is 10.9 Å². The van der Waals surface area contributed by atoms with Crippen LogP contribution in [0.15, 0.2) is 24.8 Å². The van der Waals surface area contributed by atoms with Crippen LogP contribution in [0.25, 0.3) is 5.78 Å². The number of anilines is 1. The largest absolute Gasteiger partial charge is 0.370 e. The smallest absolute Gasteiger partial charge is 0.255 e. The molecule has 0 fully saturated rings. The summed E-state index contributed by atoms with van der Waals surface area (Å²) in [7, 11) is 0. The Morgan fingerprint density at radius 3 is 3.16 bits per heavy atom. The van der Waals surface area contributed by atoms with Crippen molar-refractivity contribution < 1.29 is 0 Å². The molecule has 98 valence electrons. The minimum absolute atomic E-state index is 0.388. The maximum absolute atomic E-state index is 5.92. The Labute approximate surface area is 113 Å². The van der Waals surface area contributed by atoms with Crippen LogP contribution in [0.2, 0.25) is 5.15 Å². The number of hydrogen-bond donors (Lipinski definition) is 1. The molecule has 0 aliphatic rings. The molecule has 0 aliphatic heterocycles. The highest BCUT2D eigenvalue weighted by Gasteiger charge is 2.05. The van der Waals surface area contributed by atoms with E-state index in [4.69, 9.17) is 11.6 Å². The second-order valence-electron chi connectivity index (χ2n) is 3.88. The Kier molecular flexibility index (Phi) is 3.23. The van der Waals surface area contributed by atoms with E-state index in [1.54, 1.807) is 21.5 Å². The van der Waals surface area contributed by atoms with Gasteiger partial charge in [0.1, 0.15) is 17.3 Å². The van der Waals surface area contributed by atoms with E-state index in [2.05, 4.69) is 30.7 Å². The highest BCUT2D eigenvalue weighted by Crippen LogP contribution is 2.14. The molecule has 0 saturated carbocycles. The third-order valence-electron chi connectivity index (χ3n) is 2.56. The lowest BCUT2D eigenvalue weighted by Gasteiger charge is -2.07. The van der Waals surface area contributed by atoms with Crippen molar-refractivity contribution in [2.45, 2.75) is 13.0 Å². The van der Waals surface area contributed by atoms with Gasteiger partial charge < -0.3 is 5.32 Å². The Morgan fingerprint density at radius 1 is 1.37 bits per heavy atom. The fourth-order valence-electron chi connectivity index (χ4n) is 1.72. The Balaban J connectivity index is 1.63. The van der Waals surface area contributed by atoms with Crippen molar-refractivity contribution in [3.05, 3.63) is 29.9 Å². The highest BCUT2D eigenvalue weighted by atomic mass is 35.5. The molecule has 0 aromatic carbocycles. The Morgan fingerprint density at radius 2 is 2.32 bits per heavy atom. The summed E-state index contributed by atoms with van der Waals surface area (Å²) in [5, 5.41) is 15.4. The number of halogens is 1. The molecular weight excluding hydrogens is 268 g/mol. The molecule has 0 radical (unpaired) electrons. The second-order valence-corrected chi connectivity index (χ2v) is 4.27. The number of fused-ring (bicyclic) bond motifs is 1. The third-order valence-corrected chi connectivity index (χ3v) is 2.76. The summed E-state index contributed by atoms with van der Waals surface area (Å²) >= 11 is 5.92. The van der Waals surface area contributed by atoms with Gasteiger partial charge in [-0.05, 0) is 6.42 Å². The Bertz CT molecular complexity index is 661. The van der Waals surface area contributed by atoms with Gasteiger partial charge in [-0.2, -0.15) is 19.6 Å². The number of hydrogen-bond acceptors (Lipinski definition) is 6. The van der Waals surface area contributed by atoms with Crippen LogP contribution in [0.3, 0.4) is 0 Å². The third kappa shape index (κ3) is 2.63. The van der Waals surface area contributed by atoms with Crippen LogP contribution in [-0.2, 0) is 6.54 Å². The van der Waals surface area contributed by atoms with Gasteiger partial charge in [-0.15, -0.1) is 5.10 Å². The molecule has 0 saturated heterocycles. The molecule has 0 spiro atoms. The van der Waals surface area contributed by atoms with Crippen LogP contribution >= 0.6 is 11.6 Å². The van der Waals surface area contributed by atoms with Crippen molar-refractivity contribution in [2.75, 3.05) is 11.9 Å². The van der Waals surface area contributed by atoms with E-state index in [9.17, 15) is 0 Å². The SMILES string of the molecule is Clc1cc(NCCCn2ccnn2)n2ncnc2n1. The molecule has 8 nitrogen and oxygen atoms in total. The minimum Gasteiger partial charge on any atom is -0.370 e. The first-order valence-electron chi connectivity index (χ1n) is 5.77. The quantitative estimate of drug-likeness (QED) is 0.550. The van der Waals surface area contributed by atoms with Crippen LogP contribution in [0.1, 0.15) is 6.42 Å². The molecule has 3 heterocycles. The fourth-order valence-corrected chi connectivity index (χ4v) is 1.90. The standard InChI is InChI=1S/C10H11ClN8/c11-8-6-9(19-10(16-8)13-7-15-19)12-2-1-4-18-5-3-14-17-18/h3,5-7,12H,1-2,4H2. The van der Waals surface area contributed by atoms with Gasteiger partial charge in [0, 0.05) is 25.4 Å². The van der Waals surface area contributed by atoms with Gasteiger partial charge in [0.2, 0.25) is 0 Å². The maximum Gasteiger partial charge on any atom is 0.255 e. The van der Waals surface area contributed by atoms with Gasteiger partial charge in [0.05, 0.1) is 6.20 Å². The zero-order valence-electron chi connectivity index (χ0n) is 9.94. The van der Waals surface area contributed by atoms with Crippen molar-refractivity contribution in [3.63, 3.8) is 0 Å². The first-order valence-corrected chi connectivity index (χ1v) is 6.15. The lowest BCUT2D eigenvalue weighted by Crippen LogP contribution is -2.10. The van der Waals surface area contributed by atoms with E-state index in [0.717, 1.165) is 25.3 Å². The van der Waals surface area contributed by atoms with Crippen LogP contribution in [0.5, 0.6) is 0 Å². The van der Waals surface area contributed by atoms with E-state index >= 15 is 0 Å². The van der Waals surface area contributed by atoms with Crippen molar-refractivity contribution in [2.24, 2.45) is 0 Å². The molecule has 1 N–H and O–H groups in total. The zero-order chi connectivity index (χ0) is 13.1. The molecular formula is C10H11ClN8. The fraction of sp³-hybridized carbons (Fsp3) is 0.300. The van der Waals surface area contributed by atoms with Gasteiger partial charge in [-0.25, -0.2) is 0 Å². The summed E-state index contributed by atoms with van der Waals surface area (Å²) in [6.45, 7) is 1.56. The minimum atomic E-state index is 0.388. The van der Waals surface area contributed by atoms with E-state index in [1.807, 2.05) is 6.20 Å². The first kappa shape index (κ1) is 11.8. The monoisotopic (exact) mass is 278 g/mol. The summed E-state index contributed by atoms with van der Waals surface area (Å²) in [6.07, 6.45) is 5.84. The average Bonchev–Trinajstić information content (AvgIpc) is 3.04. The van der Waals surface area contributed by atoms with Gasteiger partial charge >= 0.3 is 0 Å². The Hall–Kier alpha value is -2.22. The number of aromatic nitrogens is 7. The van der Waals surface area contributed by atoms with Gasteiger partial charge in [0.25, 0.3) is 5.78 Å². The topological polar surface area (TPSA) is 85.8 Å². The van der Waals surface area contributed by atoms with Crippen molar-refractivity contribution in [3.8, 4) is 0 Å². The molecule has 0 amide bonds. The molecule has 0 unspecified atom stereocenters. The van der Waals surface area contributed by atoms with Crippen LogP contribution < -0.4 is 5.32 Å². The lowest BCUT2D eigenvalue weighted by molar-refractivity contribution is 0.569. The highest BCUT2D eigenvalue weighted by molar-refractivity contribution is 6.29. The van der Waals surface area contributed by atoms with E-state index < -0.39 is 0 Å². The van der Waals surface area contributed by atoms with Crippen LogP contribution in [0.4, 0.5) is 5.82 Å². The number of nitrogens with zero attached hydrogens (tertiary/aromatic N) is 7. The lowest BCUT2D eigenvalue weighted by atomic mass is 10.4. The molecule has 3 aromatic heterocycles. The summed E-state index contributed by atoms with van der Waals surface area (Å²) < 4.78 is 3.40. The predicted octanol–water partition coefficient (Wildman–Crippen LogP) is 0.871. The maximum atomic E-state index is 5.92. The molecule has 0 bridgehead atoms. The summed E-state index contributed by atoms with van der Waals surface area (Å²) in [5.74, 6) is 1.25. The average molecular weight is 279 g/mol. The van der Waals surface area contributed by atoms with Crippen molar-refractivity contribution in [1.29, 1.82) is 0 Å². The summed E-state index contributed by atoms with van der Waals surface area (Å²) in [5.41, 5.74) is 0. The number of rotatable bonds is 5. The molecule has 9 heteroatoms. The van der Waals surface area contributed by atoms with Gasteiger partial charge in [0.15, 0.2) is 0 Å². The van der Waals surface area contributed by atoms with Crippen molar-refractivity contribution in [1.82, 2.24) is 34.6 Å². The molecule has 19 heavy (non-hydrogen) atoms. The van der Waals surface area contributed by atoms with E-state index in [-0.39, 0.29) is 0 Å². The summed E-state index contributed by atoms with van der Waals surface area (Å²) in [6, 6.07) is 1.72.